The van der Waals surface area contributed by atoms with Crippen molar-refractivity contribution in [3.05, 3.63) is 131 Å². The molecule has 0 radical (unpaired) electrons. The minimum absolute atomic E-state index is 0.0247. The Morgan fingerprint density at radius 2 is 1.34 bits per heavy atom. The summed E-state index contributed by atoms with van der Waals surface area (Å²) < 4.78 is 13.3. The third-order valence-corrected chi connectivity index (χ3v) is 8.41. The fraction of sp³-hybridized carbons (Fsp3) is 0.278. The van der Waals surface area contributed by atoms with Crippen LogP contribution >= 0.6 is 0 Å². The summed E-state index contributed by atoms with van der Waals surface area (Å²) in [6.45, 7) is 4.30. The van der Waals surface area contributed by atoms with Crippen molar-refractivity contribution in [2.24, 2.45) is 11.7 Å². The van der Waals surface area contributed by atoms with Gasteiger partial charge in [-0.25, -0.2) is 0 Å². The highest BCUT2D eigenvalue weighted by atomic mass is 16.7. The molecule has 0 aliphatic carbocycles. The van der Waals surface area contributed by atoms with Gasteiger partial charge in [-0.15, -0.1) is 0 Å². The van der Waals surface area contributed by atoms with Crippen molar-refractivity contribution in [2.45, 2.75) is 45.1 Å². The van der Waals surface area contributed by atoms with E-state index < -0.39 is 6.29 Å². The summed E-state index contributed by atoms with van der Waals surface area (Å²) in [5, 5.41) is 14.7. The zero-order chi connectivity index (χ0) is 28.3. The maximum atomic E-state index is 9.55. The Labute approximate surface area is 242 Å². The minimum Gasteiger partial charge on any atom is -0.392 e. The number of aliphatic hydroxyl groups is 1. The van der Waals surface area contributed by atoms with Crippen LogP contribution in [0.15, 0.2) is 103 Å². The molecule has 0 aromatic heterocycles. The van der Waals surface area contributed by atoms with Crippen LogP contribution < -0.4 is 5.73 Å². The Morgan fingerprint density at radius 3 is 1.95 bits per heavy atom. The molecule has 3 N–H and O–H groups in total. The first-order valence-electron chi connectivity index (χ1n) is 14.4. The van der Waals surface area contributed by atoms with Gasteiger partial charge >= 0.3 is 0 Å². The van der Waals surface area contributed by atoms with Crippen LogP contribution in [0.1, 0.15) is 47.1 Å². The maximum absolute atomic E-state index is 9.55. The Kier molecular flexibility index (Phi) is 8.15. The highest BCUT2D eigenvalue weighted by Gasteiger charge is 2.38. The molecule has 1 fully saturated rings. The number of ether oxygens (including phenoxy) is 2. The van der Waals surface area contributed by atoms with Gasteiger partial charge in [0.2, 0.25) is 0 Å². The predicted octanol–water partition coefficient (Wildman–Crippen LogP) is 6.87. The molecule has 0 amide bonds. The summed E-state index contributed by atoms with van der Waals surface area (Å²) in [5.74, 6) is 0.112. The predicted molar refractivity (Wildman–Crippen MR) is 165 cm³/mol. The molecule has 5 nitrogen and oxygen atoms in total. The van der Waals surface area contributed by atoms with Crippen LogP contribution in [0.2, 0.25) is 0 Å². The molecule has 0 bridgehead atoms. The Bertz CT molecular complexity index is 1560. The van der Waals surface area contributed by atoms with Crippen molar-refractivity contribution in [2.75, 3.05) is 13.6 Å². The topological polar surface area (TPSA) is 68.0 Å². The highest BCUT2D eigenvalue weighted by Crippen LogP contribution is 2.42. The summed E-state index contributed by atoms with van der Waals surface area (Å²) in [4.78, 5) is 2.38. The zero-order valence-corrected chi connectivity index (χ0v) is 23.7. The van der Waals surface area contributed by atoms with Crippen LogP contribution in [0.3, 0.4) is 0 Å². The SMILES string of the molecule is CC1C(CN(C)Cc2c3ccccc3cc3ccccc23)OC(c2ccc(CN)cc2)OC1c1ccc(CO)cc1. The third-order valence-electron chi connectivity index (χ3n) is 8.41. The maximum Gasteiger partial charge on any atom is 0.184 e. The second-order valence-electron chi connectivity index (χ2n) is 11.3. The van der Waals surface area contributed by atoms with Crippen LogP contribution in [0.25, 0.3) is 21.5 Å². The lowest BCUT2D eigenvalue weighted by Crippen LogP contribution is -2.43. The lowest BCUT2D eigenvalue weighted by molar-refractivity contribution is -0.276. The van der Waals surface area contributed by atoms with Gasteiger partial charge in [-0.1, -0.05) is 104 Å². The molecule has 1 aliphatic heterocycles. The van der Waals surface area contributed by atoms with Crippen molar-refractivity contribution in [3.63, 3.8) is 0 Å². The largest absolute Gasteiger partial charge is 0.392 e. The Hall–Kier alpha value is -3.58. The van der Waals surface area contributed by atoms with Crippen LogP contribution in [0, 0.1) is 5.92 Å². The van der Waals surface area contributed by atoms with Crippen LogP contribution in [0.4, 0.5) is 0 Å². The van der Waals surface area contributed by atoms with Crippen LogP contribution in [-0.2, 0) is 29.2 Å². The van der Waals surface area contributed by atoms with E-state index in [-0.39, 0.29) is 24.7 Å². The molecule has 1 saturated heterocycles. The van der Waals surface area contributed by atoms with Gasteiger partial charge in [-0.2, -0.15) is 0 Å². The van der Waals surface area contributed by atoms with Crippen molar-refractivity contribution in [1.82, 2.24) is 4.90 Å². The summed E-state index contributed by atoms with van der Waals surface area (Å²) in [6, 6.07) is 35.8. The van der Waals surface area contributed by atoms with Gasteiger partial charge < -0.3 is 20.3 Å². The molecule has 6 rings (SSSR count). The van der Waals surface area contributed by atoms with Gasteiger partial charge in [0.05, 0.1) is 18.8 Å². The Morgan fingerprint density at radius 1 is 0.756 bits per heavy atom. The Balaban J connectivity index is 1.30. The normalized spacial score (nSPS) is 21.1. The summed E-state index contributed by atoms with van der Waals surface area (Å²) in [7, 11) is 2.18. The average Bonchev–Trinajstić information content (AvgIpc) is 3.02. The lowest BCUT2D eigenvalue weighted by Gasteiger charge is -2.42. The van der Waals surface area contributed by atoms with Crippen LogP contribution in [0.5, 0.6) is 0 Å². The molecule has 5 aromatic carbocycles. The molecule has 41 heavy (non-hydrogen) atoms. The van der Waals surface area contributed by atoms with Gasteiger partial charge in [0.15, 0.2) is 6.29 Å². The molecule has 1 heterocycles. The molecule has 5 aromatic rings. The summed E-state index contributed by atoms with van der Waals surface area (Å²) >= 11 is 0. The first-order chi connectivity index (χ1) is 20.0. The molecule has 0 saturated carbocycles. The van der Waals surface area contributed by atoms with E-state index in [2.05, 4.69) is 97.7 Å². The van der Waals surface area contributed by atoms with Crippen molar-refractivity contribution in [1.29, 1.82) is 0 Å². The number of aliphatic hydroxyl groups excluding tert-OH is 1. The van der Waals surface area contributed by atoms with E-state index in [1.54, 1.807) is 0 Å². The monoisotopic (exact) mass is 546 g/mol. The van der Waals surface area contributed by atoms with E-state index in [0.717, 1.165) is 35.3 Å². The van der Waals surface area contributed by atoms with E-state index in [4.69, 9.17) is 15.2 Å². The molecule has 1 aliphatic rings. The number of hydrogen-bond acceptors (Lipinski definition) is 5. The molecule has 4 atom stereocenters. The van der Waals surface area contributed by atoms with Gasteiger partial charge in [0.1, 0.15) is 0 Å². The first-order valence-corrected chi connectivity index (χ1v) is 14.4. The van der Waals surface area contributed by atoms with E-state index in [9.17, 15) is 5.11 Å². The molecule has 4 unspecified atom stereocenters. The van der Waals surface area contributed by atoms with E-state index in [1.165, 1.54) is 27.1 Å². The number of nitrogens with two attached hydrogens (primary N) is 1. The molecule has 5 heteroatoms. The quantitative estimate of drug-likeness (QED) is 0.208. The van der Waals surface area contributed by atoms with Crippen molar-refractivity contribution in [3.8, 4) is 0 Å². The lowest BCUT2D eigenvalue weighted by atomic mass is 9.89. The molecule has 0 spiro atoms. The van der Waals surface area contributed by atoms with Gasteiger partial charge in [0, 0.05) is 31.1 Å². The fourth-order valence-electron chi connectivity index (χ4n) is 6.06. The van der Waals surface area contributed by atoms with Gasteiger partial charge in [-0.05, 0) is 56.9 Å². The number of likely N-dealkylation sites (N-methyl/N-ethyl adjacent to an activating group) is 1. The standard InChI is InChI=1S/C36H38N2O3/c1-24-34(22-38(2)21-33-31-9-5-3-7-29(31)19-30-8-4-6-10-32(30)33)40-36(28-17-11-25(20-37)12-18-28)41-35(24)27-15-13-26(23-39)14-16-27/h3-19,24,34-36,39H,20-23,37H2,1-2H3. The molecular weight excluding hydrogens is 508 g/mol. The van der Waals surface area contributed by atoms with Crippen molar-refractivity contribution >= 4 is 21.5 Å². The molecular formula is C36H38N2O3. The second-order valence-corrected chi connectivity index (χ2v) is 11.3. The number of nitrogens with zero attached hydrogens (tertiary/aromatic N) is 1. The first kappa shape index (κ1) is 27.6. The zero-order valence-electron chi connectivity index (χ0n) is 23.7. The highest BCUT2D eigenvalue weighted by molar-refractivity contribution is 6.02. The van der Waals surface area contributed by atoms with Gasteiger partial charge in [0.25, 0.3) is 0 Å². The van der Waals surface area contributed by atoms with E-state index >= 15 is 0 Å². The number of rotatable bonds is 8. The molecule has 210 valence electrons. The smallest absolute Gasteiger partial charge is 0.184 e. The number of hydrogen-bond donors (Lipinski definition) is 2. The number of benzene rings is 5. The van der Waals surface area contributed by atoms with E-state index in [1.807, 2.05) is 24.3 Å². The minimum atomic E-state index is -0.489. The van der Waals surface area contributed by atoms with E-state index in [0.29, 0.717) is 6.54 Å². The average molecular weight is 547 g/mol. The second kappa shape index (κ2) is 12.1. The summed E-state index contributed by atoms with van der Waals surface area (Å²) in [5.41, 5.74) is 11.2. The fourth-order valence-corrected chi connectivity index (χ4v) is 6.06. The third kappa shape index (κ3) is 5.78. The van der Waals surface area contributed by atoms with Crippen molar-refractivity contribution < 1.29 is 14.6 Å². The number of fused-ring (bicyclic) bond motifs is 2. The van der Waals surface area contributed by atoms with Gasteiger partial charge in [-0.3, -0.25) is 4.90 Å². The summed E-state index contributed by atoms with van der Waals surface area (Å²) in [6.07, 6.45) is -0.693. The van der Waals surface area contributed by atoms with Crippen LogP contribution in [-0.4, -0.2) is 29.7 Å².